The van der Waals surface area contributed by atoms with Crippen LogP contribution in [0, 0.1) is 0 Å². The Kier molecular flexibility index (Phi) is 12.2. The van der Waals surface area contributed by atoms with Crippen LogP contribution in [0.2, 0.25) is 0 Å². The van der Waals surface area contributed by atoms with Crippen molar-refractivity contribution in [2.75, 3.05) is 6.61 Å². The fourth-order valence-electron chi connectivity index (χ4n) is 6.26. The Morgan fingerprint density at radius 3 is 1.76 bits per heavy atom. The van der Waals surface area contributed by atoms with Gasteiger partial charge < -0.3 is 28.8 Å². The lowest BCUT2D eigenvalue weighted by molar-refractivity contribution is -0.335. The molecule has 262 valence electrons. The molecule has 7 nitrogen and oxygen atoms in total. The molecule has 0 saturated carbocycles. The van der Waals surface area contributed by atoms with E-state index in [4.69, 9.17) is 23.7 Å². The SMILES string of the molecule is C=C1[C@@H](COCc2ccccc2)OC(O)(c2cc(C=O)c(CC)cc2OCc2ccccc2)[C@H](OCc2ccccc2)[C@H]1OCc1ccccc1. The Bertz CT molecular complexity index is 1850. The second-order valence-corrected chi connectivity index (χ2v) is 12.6. The molecule has 1 N–H and O–H groups in total. The third kappa shape index (κ3) is 8.89. The van der Waals surface area contributed by atoms with Gasteiger partial charge in [0.2, 0.25) is 5.79 Å². The maximum atomic E-state index is 13.1. The van der Waals surface area contributed by atoms with E-state index in [0.717, 1.165) is 34.1 Å². The van der Waals surface area contributed by atoms with Crippen LogP contribution < -0.4 is 4.74 Å². The van der Waals surface area contributed by atoms with Crippen LogP contribution in [0.3, 0.4) is 0 Å². The van der Waals surface area contributed by atoms with Crippen LogP contribution in [0.5, 0.6) is 5.75 Å². The summed E-state index contributed by atoms with van der Waals surface area (Å²) in [5, 5.41) is 13.1. The van der Waals surface area contributed by atoms with Crippen molar-refractivity contribution in [2.45, 2.75) is 63.9 Å². The van der Waals surface area contributed by atoms with Crippen LogP contribution in [-0.2, 0) is 57.6 Å². The molecule has 0 bridgehead atoms. The number of aldehydes is 1. The molecule has 0 spiro atoms. The standard InChI is InChI=1S/C44H44O7/c1-3-37-25-40(48-28-34-18-10-5-11-19-34)39(24-38(37)26-45)44(46)43(50-30-36-22-14-7-15-23-36)42(49-29-35-20-12-6-13-21-35)32(2)41(51-44)31-47-27-33-16-8-4-9-17-33/h4-26,41-43,46H,2-3,27-31H2,1H3/t41-,42+,43-,44?/m1/s1. The molecule has 0 aliphatic carbocycles. The van der Waals surface area contributed by atoms with E-state index >= 15 is 0 Å². The van der Waals surface area contributed by atoms with Crippen molar-refractivity contribution in [3.05, 3.63) is 185 Å². The van der Waals surface area contributed by atoms with E-state index in [2.05, 4.69) is 6.58 Å². The highest BCUT2D eigenvalue weighted by atomic mass is 16.7. The van der Waals surface area contributed by atoms with Crippen molar-refractivity contribution < 1.29 is 33.6 Å². The van der Waals surface area contributed by atoms with Gasteiger partial charge >= 0.3 is 0 Å². The van der Waals surface area contributed by atoms with E-state index in [9.17, 15) is 9.90 Å². The summed E-state index contributed by atoms with van der Waals surface area (Å²) in [6.07, 6.45) is -1.39. The second kappa shape index (κ2) is 17.4. The van der Waals surface area contributed by atoms with Crippen LogP contribution in [0.15, 0.2) is 146 Å². The highest BCUT2D eigenvalue weighted by Crippen LogP contribution is 2.46. The summed E-state index contributed by atoms with van der Waals surface area (Å²) in [4.78, 5) is 12.5. The van der Waals surface area contributed by atoms with Gasteiger partial charge in [0, 0.05) is 5.56 Å². The first-order chi connectivity index (χ1) is 25.0. The number of aliphatic hydroxyl groups is 1. The fraction of sp³-hybridized carbons (Fsp3) is 0.250. The highest BCUT2D eigenvalue weighted by Gasteiger charge is 2.55. The molecular formula is C44H44O7. The van der Waals surface area contributed by atoms with Crippen molar-refractivity contribution in [3.8, 4) is 5.75 Å². The summed E-state index contributed by atoms with van der Waals surface area (Å²) >= 11 is 0. The summed E-state index contributed by atoms with van der Waals surface area (Å²) in [6, 6.07) is 42.5. The molecule has 5 aromatic carbocycles. The lowest BCUT2D eigenvalue weighted by atomic mass is 9.85. The Labute approximate surface area is 300 Å². The summed E-state index contributed by atoms with van der Waals surface area (Å²) in [7, 11) is 0. The molecule has 1 aliphatic heterocycles. The number of carbonyl (C=O) groups is 1. The maximum Gasteiger partial charge on any atom is 0.226 e. The zero-order valence-electron chi connectivity index (χ0n) is 28.9. The zero-order valence-corrected chi connectivity index (χ0v) is 28.9. The molecule has 5 aromatic rings. The predicted octanol–water partition coefficient (Wildman–Crippen LogP) is 8.13. The monoisotopic (exact) mass is 684 g/mol. The van der Waals surface area contributed by atoms with Crippen LogP contribution in [0.4, 0.5) is 0 Å². The Balaban J connectivity index is 1.42. The van der Waals surface area contributed by atoms with Crippen molar-refractivity contribution in [2.24, 2.45) is 0 Å². The van der Waals surface area contributed by atoms with E-state index < -0.39 is 24.1 Å². The number of benzene rings is 5. The Morgan fingerprint density at radius 1 is 0.725 bits per heavy atom. The van der Waals surface area contributed by atoms with Gasteiger partial charge in [-0.25, -0.2) is 0 Å². The van der Waals surface area contributed by atoms with Crippen molar-refractivity contribution in [1.82, 2.24) is 0 Å². The highest BCUT2D eigenvalue weighted by molar-refractivity contribution is 5.78. The number of aryl methyl sites for hydroxylation is 1. The quantitative estimate of drug-likeness (QED) is 0.0830. The number of rotatable bonds is 16. The van der Waals surface area contributed by atoms with Crippen molar-refractivity contribution in [3.63, 3.8) is 0 Å². The molecule has 4 atom stereocenters. The van der Waals surface area contributed by atoms with E-state index in [1.54, 1.807) is 6.07 Å². The predicted molar refractivity (Wildman–Crippen MR) is 196 cm³/mol. The van der Waals surface area contributed by atoms with Gasteiger partial charge in [0.05, 0.1) is 32.0 Å². The van der Waals surface area contributed by atoms with E-state index in [1.165, 1.54) is 0 Å². The van der Waals surface area contributed by atoms with Gasteiger partial charge in [-0.15, -0.1) is 0 Å². The third-order valence-electron chi connectivity index (χ3n) is 9.06. The minimum atomic E-state index is -2.16. The largest absolute Gasteiger partial charge is 0.488 e. The fourth-order valence-corrected chi connectivity index (χ4v) is 6.26. The smallest absolute Gasteiger partial charge is 0.226 e. The maximum absolute atomic E-state index is 13.1. The number of hydrogen-bond donors (Lipinski definition) is 1. The molecule has 1 saturated heterocycles. The first-order valence-corrected chi connectivity index (χ1v) is 17.3. The molecule has 1 unspecified atom stereocenters. The van der Waals surface area contributed by atoms with Gasteiger partial charge in [-0.3, -0.25) is 4.79 Å². The molecule has 1 fully saturated rings. The van der Waals surface area contributed by atoms with Crippen molar-refractivity contribution >= 4 is 6.29 Å². The average molecular weight is 685 g/mol. The van der Waals surface area contributed by atoms with E-state index in [1.807, 2.05) is 134 Å². The van der Waals surface area contributed by atoms with Gasteiger partial charge in [-0.1, -0.05) is 135 Å². The summed E-state index contributed by atoms with van der Waals surface area (Å²) in [5.41, 5.74) is 5.80. The van der Waals surface area contributed by atoms with Gasteiger partial charge in [-0.2, -0.15) is 0 Å². The summed E-state index contributed by atoms with van der Waals surface area (Å²) < 4.78 is 32.6. The van der Waals surface area contributed by atoms with Gasteiger partial charge in [-0.05, 0) is 51.9 Å². The Hall–Kier alpha value is -4.89. The first-order valence-electron chi connectivity index (χ1n) is 17.3. The molecule has 0 aromatic heterocycles. The number of carbonyl (C=O) groups excluding carboxylic acids is 1. The first kappa shape index (κ1) is 35.9. The van der Waals surface area contributed by atoms with E-state index in [0.29, 0.717) is 29.9 Å². The topological polar surface area (TPSA) is 83.5 Å². The second-order valence-electron chi connectivity index (χ2n) is 12.6. The molecule has 6 rings (SSSR count). The molecule has 51 heavy (non-hydrogen) atoms. The molecule has 1 aliphatic rings. The minimum absolute atomic E-state index is 0.0838. The zero-order chi connectivity index (χ0) is 35.5. The van der Waals surface area contributed by atoms with Gasteiger partial charge in [0.15, 0.2) is 0 Å². The van der Waals surface area contributed by atoms with Crippen LogP contribution in [0.1, 0.15) is 50.7 Å². The lowest BCUT2D eigenvalue weighted by Crippen LogP contribution is -2.59. The van der Waals surface area contributed by atoms with Crippen LogP contribution >= 0.6 is 0 Å². The van der Waals surface area contributed by atoms with Gasteiger partial charge in [0.25, 0.3) is 0 Å². The van der Waals surface area contributed by atoms with Crippen LogP contribution in [-0.4, -0.2) is 36.3 Å². The number of ether oxygens (including phenoxy) is 5. The summed E-state index contributed by atoms with van der Waals surface area (Å²) in [5.74, 6) is -1.79. The molecule has 0 radical (unpaired) electrons. The molecule has 7 heteroatoms. The van der Waals surface area contributed by atoms with Gasteiger partial charge in [0.1, 0.15) is 37.0 Å². The normalized spacial score (nSPS) is 20.2. The third-order valence-corrected chi connectivity index (χ3v) is 9.06. The minimum Gasteiger partial charge on any atom is -0.488 e. The average Bonchev–Trinajstić information content (AvgIpc) is 3.18. The molecule has 1 heterocycles. The number of hydrogen-bond acceptors (Lipinski definition) is 7. The van der Waals surface area contributed by atoms with Crippen LogP contribution in [0.25, 0.3) is 0 Å². The Morgan fingerprint density at radius 2 is 1.24 bits per heavy atom. The van der Waals surface area contributed by atoms with E-state index in [-0.39, 0.29) is 32.0 Å². The molecular weight excluding hydrogens is 640 g/mol. The van der Waals surface area contributed by atoms with Crippen molar-refractivity contribution in [1.29, 1.82) is 0 Å². The summed E-state index contributed by atoms with van der Waals surface area (Å²) in [6.45, 7) is 7.43. The molecule has 0 amide bonds. The lowest BCUT2D eigenvalue weighted by Gasteiger charge is -2.48.